The molecule has 0 saturated heterocycles. The van der Waals surface area contributed by atoms with Gasteiger partial charge in [-0.05, 0) is 42.8 Å². The number of hydrogen-bond donors (Lipinski definition) is 2. The van der Waals surface area contributed by atoms with Crippen molar-refractivity contribution >= 4 is 24.0 Å². The Hall–Kier alpha value is -2.45. The number of benzene rings is 2. The van der Waals surface area contributed by atoms with Crippen molar-refractivity contribution < 1.29 is 27.4 Å². The minimum Gasteiger partial charge on any atom is -0.482 e. The zero-order valence-corrected chi connectivity index (χ0v) is 15.1. The molecular formula is C18H18ClF3N2O3. The normalized spacial score (nSPS) is 18.4. The second kappa shape index (κ2) is 8.06. The number of para-hydroxylation sites is 2. The molecule has 27 heavy (non-hydrogen) atoms. The molecule has 2 aromatic carbocycles. The molecule has 1 aliphatic rings. The van der Waals surface area contributed by atoms with Gasteiger partial charge in [0.1, 0.15) is 6.10 Å². The molecule has 3 rings (SSSR count). The topological polar surface area (TPSA) is 73.6 Å². The maximum absolute atomic E-state index is 13.0. The highest BCUT2D eigenvalue weighted by Gasteiger charge is 2.35. The van der Waals surface area contributed by atoms with Crippen molar-refractivity contribution in [1.29, 1.82) is 0 Å². The minimum atomic E-state index is -4.54. The fourth-order valence-electron chi connectivity index (χ4n) is 2.67. The van der Waals surface area contributed by atoms with Crippen LogP contribution in [0.15, 0.2) is 42.5 Å². The van der Waals surface area contributed by atoms with Gasteiger partial charge in [-0.1, -0.05) is 12.1 Å². The monoisotopic (exact) mass is 402 g/mol. The molecule has 0 aromatic heterocycles. The lowest BCUT2D eigenvalue weighted by Gasteiger charge is -2.31. The standard InChI is InChI=1S/C18H17F3N2O3.ClH/c1-10-16(26-15-5-3-2-4-14(15)25-10)17(24)23-13-7-11(9-22)6-12(8-13)18(19,20)21;/h2-8,10,16H,9,22H2,1H3,(H,23,24);1H. The first-order valence-electron chi connectivity index (χ1n) is 7.92. The smallest absolute Gasteiger partial charge is 0.416 e. The Balaban J connectivity index is 0.00000261. The zero-order valence-electron chi connectivity index (χ0n) is 14.2. The molecule has 0 bridgehead atoms. The Morgan fingerprint density at radius 3 is 2.37 bits per heavy atom. The molecule has 0 radical (unpaired) electrons. The van der Waals surface area contributed by atoms with Gasteiger partial charge < -0.3 is 20.5 Å². The summed E-state index contributed by atoms with van der Waals surface area (Å²) in [5, 5.41) is 2.46. The first-order valence-corrected chi connectivity index (χ1v) is 7.92. The van der Waals surface area contributed by atoms with Crippen molar-refractivity contribution in [1.82, 2.24) is 0 Å². The Labute approximate surface area is 160 Å². The van der Waals surface area contributed by atoms with Crippen LogP contribution < -0.4 is 20.5 Å². The summed E-state index contributed by atoms with van der Waals surface area (Å²) in [4.78, 5) is 12.5. The molecule has 0 saturated carbocycles. The SMILES string of the molecule is CC1Oc2ccccc2OC1C(=O)Nc1cc(CN)cc(C(F)(F)F)c1.Cl. The van der Waals surface area contributed by atoms with E-state index in [4.69, 9.17) is 15.2 Å². The fourth-order valence-corrected chi connectivity index (χ4v) is 2.67. The van der Waals surface area contributed by atoms with Crippen LogP contribution in [0.3, 0.4) is 0 Å². The Morgan fingerprint density at radius 2 is 1.78 bits per heavy atom. The van der Waals surface area contributed by atoms with Crippen molar-refractivity contribution in [2.24, 2.45) is 5.73 Å². The third kappa shape index (κ3) is 4.64. The first-order chi connectivity index (χ1) is 12.3. The summed E-state index contributed by atoms with van der Waals surface area (Å²) in [6, 6.07) is 10.1. The highest BCUT2D eigenvalue weighted by Crippen LogP contribution is 2.34. The fraction of sp³-hybridized carbons (Fsp3) is 0.278. The molecule has 1 amide bonds. The second-order valence-electron chi connectivity index (χ2n) is 5.92. The van der Waals surface area contributed by atoms with E-state index in [1.165, 1.54) is 6.07 Å². The summed E-state index contributed by atoms with van der Waals surface area (Å²) < 4.78 is 50.3. The molecule has 5 nitrogen and oxygen atoms in total. The molecule has 0 fully saturated rings. The minimum absolute atomic E-state index is 0. The lowest BCUT2D eigenvalue weighted by Crippen LogP contribution is -2.46. The zero-order chi connectivity index (χ0) is 18.9. The largest absolute Gasteiger partial charge is 0.482 e. The van der Waals surface area contributed by atoms with Crippen molar-refractivity contribution in [3.8, 4) is 11.5 Å². The van der Waals surface area contributed by atoms with Crippen LogP contribution >= 0.6 is 12.4 Å². The van der Waals surface area contributed by atoms with Crippen LogP contribution in [0.1, 0.15) is 18.1 Å². The summed E-state index contributed by atoms with van der Waals surface area (Å²) in [7, 11) is 0. The average Bonchev–Trinajstić information content (AvgIpc) is 2.59. The number of hydrogen-bond acceptors (Lipinski definition) is 4. The molecule has 0 spiro atoms. The number of ether oxygens (including phenoxy) is 2. The molecule has 1 heterocycles. The van der Waals surface area contributed by atoms with E-state index >= 15 is 0 Å². The predicted octanol–water partition coefficient (Wildman–Crippen LogP) is 3.75. The van der Waals surface area contributed by atoms with E-state index in [1.807, 2.05) is 0 Å². The van der Waals surface area contributed by atoms with Gasteiger partial charge >= 0.3 is 6.18 Å². The van der Waals surface area contributed by atoms with E-state index in [-0.39, 0.29) is 30.2 Å². The van der Waals surface area contributed by atoms with Gasteiger partial charge in [0.2, 0.25) is 6.10 Å². The Bertz CT molecular complexity index is 830. The maximum Gasteiger partial charge on any atom is 0.416 e. The summed E-state index contributed by atoms with van der Waals surface area (Å²) >= 11 is 0. The Morgan fingerprint density at radius 1 is 1.15 bits per heavy atom. The Kier molecular flexibility index (Phi) is 6.22. The second-order valence-corrected chi connectivity index (χ2v) is 5.92. The number of halogens is 4. The number of rotatable bonds is 3. The lowest BCUT2D eigenvalue weighted by molar-refractivity contribution is -0.137. The van der Waals surface area contributed by atoms with Crippen LogP contribution in [0.4, 0.5) is 18.9 Å². The number of fused-ring (bicyclic) bond motifs is 1. The molecule has 2 unspecified atom stereocenters. The molecule has 9 heteroatoms. The van der Waals surface area contributed by atoms with Gasteiger partial charge in [-0.15, -0.1) is 12.4 Å². The van der Waals surface area contributed by atoms with E-state index < -0.39 is 29.9 Å². The van der Waals surface area contributed by atoms with Crippen molar-refractivity contribution in [2.45, 2.75) is 31.9 Å². The third-order valence-corrected chi connectivity index (χ3v) is 3.92. The van der Waals surface area contributed by atoms with Gasteiger partial charge in [0.05, 0.1) is 5.56 Å². The van der Waals surface area contributed by atoms with Gasteiger partial charge in [0, 0.05) is 12.2 Å². The quantitative estimate of drug-likeness (QED) is 0.820. The van der Waals surface area contributed by atoms with E-state index in [0.29, 0.717) is 11.5 Å². The molecule has 2 aromatic rings. The van der Waals surface area contributed by atoms with Crippen molar-refractivity contribution in [2.75, 3.05) is 5.32 Å². The third-order valence-electron chi connectivity index (χ3n) is 3.92. The molecular weight excluding hydrogens is 385 g/mol. The number of nitrogens with two attached hydrogens (primary N) is 1. The number of carbonyl (C=O) groups is 1. The van der Waals surface area contributed by atoms with Gasteiger partial charge in [-0.3, -0.25) is 4.79 Å². The molecule has 1 aliphatic heterocycles. The van der Waals surface area contributed by atoms with Crippen LogP contribution in [-0.4, -0.2) is 18.1 Å². The number of anilines is 1. The lowest BCUT2D eigenvalue weighted by atomic mass is 10.1. The van der Waals surface area contributed by atoms with Crippen molar-refractivity contribution in [3.05, 3.63) is 53.6 Å². The first kappa shape index (κ1) is 20.9. The van der Waals surface area contributed by atoms with E-state index in [9.17, 15) is 18.0 Å². The van der Waals surface area contributed by atoms with Crippen LogP contribution in [-0.2, 0) is 17.5 Å². The van der Waals surface area contributed by atoms with Gasteiger partial charge in [0.15, 0.2) is 11.5 Å². The van der Waals surface area contributed by atoms with Gasteiger partial charge in [0.25, 0.3) is 5.91 Å². The van der Waals surface area contributed by atoms with Crippen LogP contribution in [0.25, 0.3) is 0 Å². The molecule has 146 valence electrons. The highest BCUT2D eigenvalue weighted by molar-refractivity contribution is 5.95. The van der Waals surface area contributed by atoms with Gasteiger partial charge in [-0.2, -0.15) is 13.2 Å². The summed E-state index contributed by atoms with van der Waals surface area (Å²) in [6.45, 7) is 1.57. The number of nitrogens with one attached hydrogen (secondary N) is 1. The van der Waals surface area contributed by atoms with Crippen LogP contribution in [0, 0.1) is 0 Å². The van der Waals surface area contributed by atoms with E-state index in [2.05, 4.69) is 5.32 Å². The van der Waals surface area contributed by atoms with Gasteiger partial charge in [-0.25, -0.2) is 0 Å². The van der Waals surface area contributed by atoms with Crippen molar-refractivity contribution in [3.63, 3.8) is 0 Å². The number of carbonyl (C=O) groups excluding carboxylic acids is 1. The van der Waals surface area contributed by atoms with Crippen LogP contribution in [0.5, 0.6) is 11.5 Å². The highest BCUT2D eigenvalue weighted by atomic mass is 35.5. The average molecular weight is 403 g/mol. The number of amides is 1. The van der Waals surface area contributed by atoms with Crippen LogP contribution in [0.2, 0.25) is 0 Å². The number of alkyl halides is 3. The van der Waals surface area contributed by atoms with E-state index in [0.717, 1.165) is 12.1 Å². The predicted molar refractivity (Wildman–Crippen MR) is 96.2 cm³/mol. The molecule has 2 atom stereocenters. The van der Waals surface area contributed by atoms with E-state index in [1.54, 1.807) is 31.2 Å². The summed E-state index contributed by atoms with van der Waals surface area (Å²) in [6.07, 6.45) is -6.15. The summed E-state index contributed by atoms with van der Waals surface area (Å²) in [5.74, 6) is 0.306. The molecule has 3 N–H and O–H groups in total. The maximum atomic E-state index is 13.0. The summed E-state index contributed by atoms with van der Waals surface area (Å²) in [5.41, 5.74) is 4.83. The molecule has 0 aliphatic carbocycles.